The van der Waals surface area contributed by atoms with Gasteiger partial charge in [-0.25, -0.2) is 0 Å². The zero-order chi connectivity index (χ0) is 32.0. The van der Waals surface area contributed by atoms with Gasteiger partial charge < -0.3 is 74.1 Å². The van der Waals surface area contributed by atoms with Gasteiger partial charge in [0.2, 0.25) is 17.5 Å². The maximum Gasteiger partial charge on any atom is 0.239 e. The van der Waals surface area contributed by atoms with Crippen molar-refractivity contribution >= 4 is 11.0 Å². The van der Waals surface area contributed by atoms with Crippen LogP contribution < -0.4 is 14.9 Å². The van der Waals surface area contributed by atoms with Crippen molar-refractivity contribution in [3.05, 3.63) is 40.6 Å². The van der Waals surface area contributed by atoms with Crippen molar-refractivity contribution in [3.63, 3.8) is 0 Å². The molecule has 3 heterocycles. The number of ether oxygens (including phenoxy) is 5. The molecule has 44 heavy (non-hydrogen) atoms. The Morgan fingerprint density at radius 2 is 1.57 bits per heavy atom. The highest BCUT2D eigenvalue weighted by Gasteiger charge is 2.51. The molecule has 2 saturated heterocycles. The highest BCUT2D eigenvalue weighted by Crippen LogP contribution is 2.40. The number of methoxy groups -OCH3 is 1. The van der Waals surface area contributed by atoms with Crippen LogP contribution in [0, 0.1) is 0 Å². The molecule has 0 aliphatic carbocycles. The Morgan fingerprint density at radius 1 is 0.841 bits per heavy atom. The highest BCUT2D eigenvalue weighted by molar-refractivity contribution is 5.88. The molecular formula is C28H32O16. The number of phenolic OH excluding ortho intramolecular Hbond substituents is 3. The molecule has 240 valence electrons. The Morgan fingerprint density at radius 3 is 2.23 bits per heavy atom. The summed E-state index contributed by atoms with van der Waals surface area (Å²) in [7, 11) is 1.32. The number of aliphatic hydroxyl groups excluding tert-OH is 6. The van der Waals surface area contributed by atoms with Crippen LogP contribution in [0.15, 0.2) is 39.5 Å². The van der Waals surface area contributed by atoms with E-state index < -0.39 is 96.1 Å². The summed E-state index contributed by atoms with van der Waals surface area (Å²) in [6, 6.07) is 5.86. The molecule has 1 aromatic heterocycles. The fraction of sp³-hybridized carbons (Fsp3) is 0.464. The van der Waals surface area contributed by atoms with Gasteiger partial charge in [0.05, 0.1) is 19.8 Å². The van der Waals surface area contributed by atoms with Crippen LogP contribution >= 0.6 is 0 Å². The second kappa shape index (κ2) is 12.4. The average molecular weight is 625 g/mol. The standard InChI is InChI=1S/C28H32O16/c1-9-18(33)21(36)23(38)27(40-9)44-26-22(37)19(34)16(8-29)42-28(26)43-25-20(35)17-13(32)6-11(30)7-15(17)41-24(25)10-3-4-14(39-2)12(31)5-10/h3-7,9,16,18-19,21-23,26-34,36-38H,8H2,1-2H3/t9-,16+,18-,19+,21+,22-,23+,26+,27-,28-/m0/s1. The minimum absolute atomic E-state index is 0.0460. The van der Waals surface area contributed by atoms with Crippen LogP contribution in [-0.2, 0) is 14.2 Å². The van der Waals surface area contributed by atoms with E-state index in [1.807, 2.05) is 0 Å². The van der Waals surface area contributed by atoms with Crippen molar-refractivity contribution in [2.24, 2.45) is 0 Å². The first-order valence-electron chi connectivity index (χ1n) is 13.4. The van der Waals surface area contributed by atoms with Crippen LogP contribution in [0.3, 0.4) is 0 Å². The van der Waals surface area contributed by atoms with E-state index in [0.29, 0.717) is 0 Å². The van der Waals surface area contributed by atoms with E-state index in [0.717, 1.165) is 12.1 Å². The lowest BCUT2D eigenvalue weighted by molar-refractivity contribution is -0.354. The van der Waals surface area contributed by atoms with Crippen molar-refractivity contribution < 1.29 is 74.1 Å². The molecule has 16 heteroatoms. The molecule has 2 aliphatic heterocycles. The Balaban J connectivity index is 1.62. The second-order valence-electron chi connectivity index (χ2n) is 10.4. The van der Waals surface area contributed by atoms with Crippen molar-refractivity contribution in [3.8, 4) is 40.1 Å². The van der Waals surface area contributed by atoms with Gasteiger partial charge in [-0.15, -0.1) is 0 Å². The fourth-order valence-corrected chi connectivity index (χ4v) is 5.09. The molecule has 0 unspecified atom stereocenters. The third kappa shape index (κ3) is 5.63. The van der Waals surface area contributed by atoms with Crippen LogP contribution in [0.25, 0.3) is 22.3 Å². The van der Waals surface area contributed by atoms with E-state index in [1.165, 1.54) is 32.2 Å². The third-order valence-corrected chi connectivity index (χ3v) is 7.52. The van der Waals surface area contributed by atoms with Gasteiger partial charge in [-0.2, -0.15) is 0 Å². The Kier molecular flexibility index (Phi) is 8.90. The number of hydrogen-bond donors (Lipinski definition) is 9. The van der Waals surface area contributed by atoms with Crippen molar-refractivity contribution in [2.45, 2.75) is 68.3 Å². The molecule has 0 spiro atoms. The normalized spacial score (nSPS) is 32.5. The third-order valence-electron chi connectivity index (χ3n) is 7.52. The Labute approximate surface area is 248 Å². The summed E-state index contributed by atoms with van der Waals surface area (Å²) in [6.45, 7) is 0.566. The van der Waals surface area contributed by atoms with Crippen LogP contribution in [0.4, 0.5) is 0 Å². The monoisotopic (exact) mass is 624 g/mol. The molecule has 5 rings (SSSR count). The Bertz CT molecular complexity index is 1560. The summed E-state index contributed by atoms with van der Waals surface area (Å²) >= 11 is 0. The van der Waals surface area contributed by atoms with Crippen molar-refractivity contribution in [2.75, 3.05) is 13.7 Å². The zero-order valence-corrected chi connectivity index (χ0v) is 23.3. The van der Waals surface area contributed by atoms with Gasteiger partial charge >= 0.3 is 0 Å². The number of benzene rings is 2. The van der Waals surface area contributed by atoms with Crippen molar-refractivity contribution in [1.82, 2.24) is 0 Å². The van der Waals surface area contributed by atoms with Crippen LogP contribution in [-0.4, -0.2) is 121 Å². The van der Waals surface area contributed by atoms with Gasteiger partial charge in [-0.05, 0) is 25.1 Å². The maximum absolute atomic E-state index is 13.8. The van der Waals surface area contributed by atoms with Crippen LogP contribution in [0.1, 0.15) is 6.92 Å². The molecule has 0 bridgehead atoms. The van der Waals surface area contributed by atoms with E-state index in [2.05, 4.69) is 0 Å². The number of hydrogen-bond acceptors (Lipinski definition) is 16. The molecule has 0 radical (unpaired) electrons. The predicted molar refractivity (Wildman–Crippen MR) is 145 cm³/mol. The zero-order valence-electron chi connectivity index (χ0n) is 23.3. The quantitative estimate of drug-likeness (QED) is 0.147. The first-order valence-corrected chi connectivity index (χ1v) is 13.4. The summed E-state index contributed by atoms with van der Waals surface area (Å²) in [5.74, 6) is -2.40. The first-order chi connectivity index (χ1) is 20.9. The average Bonchev–Trinajstić information content (AvgIpc) is 2.98. The molecule has 0 saturated carbocycles. The SMILES string of the molecule is COc1ccc(-c2oc3cc(O)cc(O)c3c(=O)c2O[C@@H]2O[C@H](CO)[C@@H](O)[C@H](O)[C@H]2O[C@@H]2O[C@@H](C)[C@H](O)[C@@H](O)[C@H]2O)cc1O. The molecular weight excluding hydrogens is 592 g/mol. The maximum atomic E-state index is 13.8. The van der Waals surface area contributed by atoms with Gasteiger partial charge in [-0.1, -0.05) is 0 Å². The van der Waals surface area contributed by atoms with Gasteiger partial charge in [0, 0.05) is 17.7 Å². The molecule has 2 fully saturated rings. The minimum atomic E-state index is -1.90. The summed E-state index contributed by atoms with van der Waals surface area (Å²) in [5, 5.41) is 92.5. The van der Waals surface area contributed by atoms with E-state index in [-0.39, 0.29) is 28.4 Å². The van der Waals surface area contributed by atoms with Gasteiger partial charge in [0.1, 0.15) is 59.1 Å². The number of phenols is 3. The molecule has 10 atom stereocenters. The lowest BCUT2D eigenvalue weighted by Crippen LogP contribution is -2.64. The second-order valence-corrected chi connectivity index (χ2v) is 10.4. The summed E-state index contributed by atoms with van der Waals surface area (Å²) in [4.78, 5) is 13.8. The number of aromatic hydroxyl groups is 3. The fourth-order valence-electron chi connectivity index (χ4n) is 5.09. The van der Waals surface area contributed by atoms with E-state index in [9.17, 15) is 50.8 Å². The predicted octanol–water partition coefficient (Wildman–Crippen LogP) is -1.38. The van der Waals surface area contributed by atoms with Crippen LogP contribution in [0.2, 0.25) is 0 Å². The Hall–Kier alpha value is -3.71. The molecule has 9 N–H and O–H groups in total. The summed E-state index contributed by atoms with van der Waals surface area (Å²) in [6.07, 6.45) is -16.5. The van der Waals surface area contributed by atoms with E-state index in [4.69, 9.17) is 28.1 Å². The largest absolute Gasteiger partial charge is 0.508 e. The smallest absolute Gasteiger partial charge is 0.239 e. The van der Waals surface area contributed by atoms with Gasteiger partial charge in [0.25, 0.3) is 0 Å². The molecule has 3 aromatic rings. The molecule has 2 aromatic carbocycles. The molecule has 16 nitrogen and oxygen atoms in total. The lowest BCUT2D eigenvalue weighted by atomic mass is 9.97. The van der Waals surface area contributed by atoms with Gasteiger partial charge in [0.15, 0.2) is 29.7 Å². The minimum Gasteiger partial charge on any atom is -0.508 e. The number of fused-ring (bicyclic) bond motifs is 1. The van der Waals surface area contributed by atoms with Crippen molar-refractivity contribution in [1.29, 1.82) is 0 Å². The highest BCUT2D eigenvalue weighted by atomic mass is 16.8. The van der Waals surface area contributed by atoms with Gasteiger partial charge in [-0.3, -0.25) is 4.79 Å². The first kappa shape index (κ1) is 31.7. The molecule has 2 aliphatic rings. The lowest BCUT2D eigenvalue weighted by Gasteiger charge is -2.45. The summed E-state index contributed by atoms with van der Waals surface area (Å²) < 4.78 is 33.6. The van der Waals surface area contributed by atoms with E-state index >= 15 is 0 Å². The number of aliphatic hydroxyl groups is 6. The summed E-state index contributed by atoms with van der Waals surface area (Å²) in [5.41, 5.74) is -1.23. The molecule has 0 amide bonds. The topological polar surface area (TPSA) is 258 Å². The van der Waals surface area contributed by atoms with Crippen LogP contribution in [0.5, 0.6) is 28.7 Å². The number of rotatable bonds is 7. The van der Waals surface area contributed by atoms with E-state index in [1.54, 1.807) is 0 Å².